The molecule has 0 bridgehead atoms. The van der Waals surface area contributed by atoms with Crippen LogP contribution in [-0.4, -0.2) is 72.0 Å². The first kappa shape index (κ1) is 24.3. The van der Waals surface area contributed by atoms with Crippen molar-refractivity contribution in [2.24, 2.45) is 0 Å². The average molecular weight is 521 g/mol. The molecule has 3 heterocycles. The summed E-state index contributed by atoms with van der Waals surface area (Å²) in [5, 5.41) is 6.56. The Morgan fingerprint density at radius 2 is 1.75 bits per heavy atom. The summed E-state index contributed by atoms with van der Waals surface area (Å²) in [6, 6.07) is 9.91. The van der Waals surface area contributed by atoms with Crippen molar-refractivity contribution in [2.45, 2.75) is 29.9 Å². The second kappa shape index (κ2) is 8.59. The van der Waals surface area contributed by atoms with Crippen LogP contribution >= 0.6 is 0 Å². The van der Waals surface area contributed by atoms with Gasteiger partial charge in [0, 0.05) is 31.9 Å². The van der Waals surface area contributed by atoms with Crippen LogP contribution in [0.25, 0.3) is 16.6 Å². The molecule has 4 aromatic rings. The molecule has 2 aromatic heterocycles. The molecule has 0 saturated carbocycles. The van der Waals surface area contributed by atoms with Crippen LogP contribution in [0.5, 0.6) is 0 Å². The first-order valence-corrected chi connectivity index (χ1v) is 12.7. The minimum absolute atomic E-state index is 0.0712. The maximum absolute atomic E-state index is 13.4. The molecule has 1 N–H and O–H groups in total. The molecule has 1 aliphatic rings. The van der Waals surface area contributed by atoms with Gasteiger partial charge in [0.05, 0.1) is 22.3 Å². The van der Waals surface area contributed by atoms with Crippen molar-refractivity contribution in [3.05, 3.63) is 57.9 Å². The van der Waals surface area contributed by atoms with Crippen LogP contribution < -0.4 is 10.5 Å². The average Bonchev–Trinajstić information content (AvgIpc) is 3.23. The van der Waals surface area contributed by atoms with E-state index < -0.39 is 28.1 Å². The standard InChI is InChI=1S/C23H23F3N6O3S/c1-14-3-6-19(15(2)11-14)36(34,35)22-20-27-21(33)17-5-4-16(12-18(17)32(20)29-28-22)31-9-7-30(8-10-31)13-23(24,25)26/h3-6,11-12,29H,7-10,13H2,1-2H3. The Bertz CT molecular complexity index is 1640. The van der Waals surface area contributed by atoms with Gasteiger partial charge in [0.25, 0.3) is 5.56 Å². The van der Waals surface area contributed by atoms with E-state index in [1.165, 1.54) is 15.5 Å². The third-order valence-electron chi connectivity index (χ3n) is 6.33. The number of alkyl halides is 3. The number of aryl methyl sites for hydroxylation is 2. The number of hydrogen-bond donors (Lipinski definition) is 1. The highest BCUT2D eigenvalue weighted by Crippen LogP contribution is 2.28. The molecule has 1 fully saturated rings. The van der Waals surface area contributed by atoms with E-state index in [-0.39, 0.29) is 34.0 Å². The molecule has 0 amide bonds. The Labute approximate surface area is 204 Å². The zero-order valence-electron chi connectivity index (χ0n) is 19.5. The molecule has 0 radical (unpaired) electrons. The van der Waals surface area contributed by atoms with E-state index in [4.69, 9.17) is 0 Å². The fraction of sp³-hybridized carbons (Fsp3) is 0.348. The van der Waals surface area contributed by atoms with Crippen molar-refractivity contribution in [3.8, 4) is 0 Å². The van der Waals surface area contributed by atoms with Gasteiger partial charge in [-0.3, -0.25) is 9.69 Å². The quantitative estimate of drug-likeness (QED) is 0.441. The van der Waals surface area contributed by atoms with Gasteiger partial charge in [-0.1, -0.05) is 17.7 Å². The maximum atomic E-state index is 13.4. The van der Waals surface area contributed by atoms with Crippen LogP contribution in [0.4, 0.5) is 18.9 Å². The van der Waals surface area contributed by atoms with Crippen molar-refractivity contribution in [3.63, 3.8) is 0 Å². The molecule has 0 unspecified atom stereocenters. The number of aromatic nitrogens is 4. The van der Waals surface area contributed by atoms with Crippen molar-refractivity contribution < 1.29 is 21.6 Å². The Hall–Kier alpha value is -3.45. The lowest BCUT2D eigenvalue weighted by atomic mass is 10.2. The van der Waals surface area contributed by atoms with Crippen molar-refractivity contribution >= 4 is 32.1 Å². The number of halogens is 3. The number of nitrogens with one attached hydrogen (secondary N) is 1. The van der Waals surface area contributed by atoms with Crippen LogP contribution in [0, 0.1) is 13.8 Å². The lowest BCUT2D eigenvalue weighted by Gasteiger charge is -2.36. The lowest BCUT2D eigenvalue weighted by molar-refractivity contribution is -0.146. The molecular formula is C23H23F3N6O3S. The van der Waals surface area contributed by atoms with E-state index in [9.17, 15) is 26.4 Å². The third-order valence-corrected chi connectivity index (χ3v) is 8.15. The van der Waals surface area contributed by atoms with Gasteiger partial charge < -0.3 is 4.90 Å². The second-order valence-electron chi connectivity index (χ2n) is 8.95. The Morgan fingerprint density at radius 3 is 2.42 bits per heavy atom. The fourth-order valence-electron chi connectivity index (χ4n) is 4.60. The zero-order chi connectivity index (χ0) is 25.8. The van der Waals surface area contributed by atoms with E-state index in [0.29, 0.717) is 29.9 Å². The van der Waals surface area contributed by atoms with Crippen LogP contribution in [0.15, 0.2) is 51.1 Å². The number of piperazine rings is 1. The van der Waals surface area contributed by atoms with E-state index in [2.05, 4.69) is 15.3 Å². The molecule has 36 heavy (non-hydrogen) atoms. The number of benzene rings is 2. The summed E-state index contributed by atoms with van der Waals surface area (Å²) in [6.07, 6.45) is -4.25. The SMILES string of the molecule is Cc1ccc(S(=O)(=O)c2n[nH]n3c2nc(=O)c2ccc(N4CCN(CC(F)(F)F)CC4)cc23)c(C)c1. The highest BCUT2D eigenvalue weighted by molar-refractivity contribution is 7.91. The summed E-state index contributed by atoms with van der Waals surface area (Å²) in [5.41, 5.74) is 1.79. The Balaban J connectivity index is 1.54. The molecule has 0 spiro atoms. The smallest absolute Gasteiger partial charge is 0.369 e. The first-order valence-electron chi connectivity index (χ1n) is 11.2. The summed E-state index contributed by atoms with van der Waals surface area (Å²) in [6.45, 7) is 3.82. The van der Waals surface area contributed by atoms with Crippen LogP contribution in [0.3, 0.4) is 0 Å². The highest BCUT2D eigenvalue weighted by atomic mass is 32.2. The number of aromatic amines is 1. The minimum atomic E-state index is -4.25. The van der Waals surface area contributed by atoms with E-state index in [1.54, 1.807) is 37.3 Å². The van der Waals surface area contributed by atoms with Gasteiger partial charge in [-0.15, -0.1) is 5.10 Å². The van der Waals surface area contributed by atoms with Crippen molar-refractivity contribution in [1.82, 2.24) is 24.7 Å². The Morgan fingerprint density at radius 1 is 1.03 bits per heavy atom. The molecule has 9 nitrogen and oxygen atoms in total. The van der Waals surface area contributed by atoms with Gasteiger partial charge in [-0.2, -0.15) is 18.2 Å². The fourth-order valence-corrected chi connectivity index (χ4v) is 6.07. The lowest BCUT2D eigenvalue weighted by Crippen LogP contribution is -2.49. The summed E-state index contributed by atoms with van der Waals surface area (Å²) >= 11 is 0. The molecular weight excluding hydrogens is 497 g/mol. The third kappa shape index (κ3) is 4.32. The topological polar surface area (TPSA) is 104 Å². The number of anilines is 1. The molecule has 1 aliphatic heterocycles. The predicted octanol–water partition coefficient (Wildman–Crippen LogP) is 2.70. The Kier molecular flexibility index (Phi) is 5.79. The molecule has 1 saturated heterocycles. The minimum Gasteiger partial charge on any atom is -0.369 e. The largest absolute Gasteiger partial charge is 0.401 e. The van der Waals surface area contributed by atoms with Gasteiger partial charge in [-0.25, -0.2) is 18.1 Å². The van der Waals surface area contributed by atoms with Crippen molar-refractivity contribution in [2.75, 3.05) is 37.6 Å². The van der Waals surface area contributed by atoms with Gasteiger partial charge in [-0.05, 0) is 43.7 Å². The van der Waals surface area contributed by atoms with Crippen LogP contribution in [0.2, 0.25) is 0 Å². The number of fused-ring (bicyclic) bond motifs is 3. The zero-order valence-corrected chi connectivity index (χ0v) is 20.3. The van der Waals surface area contributed by atoms with E-state index in [0.717, 1.165) is 5.56 Å². The summed E-state index contributed by atoms with van der Waals surface area (Å²) < 4.78 is 66.3. The number of H-pyrrole nitrogens is 1. The number of rotatable bonds is 4. The predicted molar refractivity (Wildman–Crippen MR) is 127 cm³/mol. The summed E-state index contributed by atoms with van der Waals surface area (Å²) in [7, 11) is -4.08. The monoisotopic (exact) mass is 520 g/mol. The maximum Gasteiger partial charge on any atom is 0.401 e. The van der Waals surface area contributed by atoms with Gasteiger partial charge in [0.1, 0.15) is 0 Å². The van der Waals surface area contributed by atoms with Crippen LogP contribution in [-0.2, 0) is 9.84 Å². The molecule has 190 valence electrons. The molecule has 0 aliphatic carbocycles. The second-order valence-corrected chi connectivity index (χ2v) is 10.8. The first-order chi connectivity index (χ1) is 16.9. The molecule has 5 rings (SSSR count). The molecule has 0 atom stereocenters. The van der Waals surface area contributed by atoms with Gasteiger partial charge >= 0.3 is 6.18 Å². The van der Waals surface area contributed by atoms with Crippen LogP contribution in [0.1, 0.15) is 11.1 Å². The summed E-state index contributed by atoms with van der Waals surface area (Å²) in [4.78, 5) is 20.1. The highest BCUT2D eigenvalue weighted by Gasteiger charge is 2.32. The summed E-state index contributed by atoms with van der Waals surface area (Å²) in [5.74, 6) is 0. The van der Waals surface area contributed by atoms with Crippen molar-refractivity contribution in [1.29, 1.82) is 0 Å². The molecule has 2 aromatic carbocycles. The number of hydrogen-bond acceptors (Lipinski definition) is 7. The van der Waals surface area contributed by atoms with Gasteiger partial charge in [0.15, 0.2) is 5.65 Å². The number of sulfone groups is 1. The number of nitrogens with zero attached hydrogens (tertiary/aromatic N) is 5. The van der Waals surface area contributed by atoms with E-state index in [1.807, 2.05) is 11.8 Å². The molecule has 13 heteroatoms. The normalized spacial score (nSPS) is 15.8. The van der Waals surface area contributed by atoms with E-state index >= 15 is 0 Å². The van der Waals surface area contributed by atoms with Gasteiger partial charge in [0.2, 0.25) is 14.9 Å².